The lowest BCUT2D eigenvalue weighted by Gasteiger charge is -2.17. The summed E-state index contributed by atoms with van der Waals surface area (Å²) in [5, 5.41) is 3.74. The molecule has 0 aromatic heterocycles. The van der Waals surface area contributed by atoms with Crippen molar-refractivity contribution in [3.8, 4) is 11.5 Å². The minimum absolute atomic E-state index is 0.0800. The number of likely N-dealkylation sites (N-methyl/N-ethyl adjacent to an activating group) is 1. The Hall–Kier alpha value is -3.16. The summed E-state index contributed by atoms with van der Waals surface area (Å²) >= 11 is 0. The van der Waals surface area contributed by atoms with Crippen LogP contribution in [-0.4, -0.2) is 44.4 Å². The molecule has 0 aliphatic heterocycles. The third kappa shape index (κ3) is 6.22. The van der Waals surface area contributed by atoms with Gasteiger partial charge in [-0.1, -0.05) is 29.4 Å². The normalized spacial score (nSPS) is 10.9. The van der Waals surface area contributed by atoms with Crippen molar-refractivity contribution < 1.29 is 27.9 Å². The first-order valence-electron chi connectivity index (χ1n) is 8.47. The molecule has 0 unspecified atom stereocenters. The molecule has 0 saturated carbocycles. The zero-order valence-corrected chi connectivity index (χ0v) is 15.9. The molecule has 8 heteroatoms. The van der Waals surface area contributed by atoms with E-state index in [0.29, 0.717) is 12.1 Å². The molecule has 0 bridgehead atoms. The lowest BCUT2D eigenvalue weighted by Crippen LogP contribution is -2.29. The maximum absolute atomic E-state index is 12.3. The van der Waals surface area contributed by atoms with Crippen molar-refractivity contribution in [3.05, 3.63) is 59.2 Å². The molecule has 2 rings (SSSR count). The van der Waals surface area contributed by atoms with E-state index in [4.69, 9.17) is 9.57 Å². The molecule has 2 aromatic rings. The van der Waals surface area contributed by atoms with Crippen LogP contribution < -0.4 is 9.47 Å². The van der Waals surface area contributed by atoms with E-state index in [1.807, 2.05) is 31.2 Å². The highest BCUT2D eigenvalue weighted by molar-refractivity contribution is 5.81. The van der Waals surface area contributed by atoms with Gasteiger partial charge in [-0.2, -0.15) is 8.78 Å². The molecule has 0 fully saturated rings. The first kappa shape index (κ1) is 21.1. The highest BCUT2D eigenvalue weighted by Gasteiger charge is 2.12. The number of aryl methyl sites for hydroxylation is 1. The zero-order valence-electron chi connectivity index (χ0n) is 15.9. The molecular formula is C20H22F2N2O4. The lowest BCUT2D eigenvalue weighted by molar-refractivity contribution is -0.135. The van der Waals surface area contributed by atoms with E-state index in [-0.39, 0.29) is 24.0 Å². The van der Waals surface area contributed by atoms with E-state index in [1.165, 1.54) is 31.5 Å². The lowest BCUT2D eigenvalue weighted by atomic mass is 10.1. The Labute approximate surface area is 162 Å². The molecule has 0 aliphatic rings. The molecule has 0 saturated heterocycles. The quantitative estimate of drug-likeness (QED) is 0.483. The van der Waals surface area contributed by atoms with Crippen LogP contribution in [0.4, 0.5) is 8.78 Å². The van der Waals surface area contributed by atoms with Crippen molar-refractivity contribution in [3.63, 3.8) is 0 Å². The number of alkyl halides is 2. The molecule has 0 spiro atoms. The molecule has 0 radical (unpaired) electrons. The number of ether oxygens (including phenoxy) is 2. The summed E-state index contributed by atoms with van der Waals surface area (Å²) in [5.74, 6) is -0.166. The molecule has 0 N–H and O–H groups in total. The third-order valence-electron chi connectivity index (χ3n) is 3.96. The van der Waals surface area contributed by atoms with Crippen molar-refractivity contribution in [2.45, 2.75) is 20.1 Å². The Morgan fingerprint density at radius 3 is 2.64 bits per heavy atom. The second-order valence-electron chi connectivity index (χ2n) is 5.97. The molecule has 0 heterocycles. The van der Waals surface area contributed by atoms with E-state index >= 15 is 0 Å². The summed E-state index contributed by atoms with van der Waals surface area (Å²) in [7, 11) is 3.03. The SMILES string of the molecule is COc1cc(/C=N/OCC(=O)N(C)Cc2ccccc2C)ccc1OC(F)F. The topological polar surface area (TPSA) is 60.4 Å². The van der Waals surface area contributed by atoms with Crippen LogP contribution >= 0.6 is 0 Å². The highest BCUT2D eigenvalue weighted by Crippen LogP contribution is 2.28. The standard InChI is InChI=1S/C20H22F2N2O4/c1-14-6-4-5-7-16(14)12-24(2)19(25)13-27-23-11-15-8-9-17(28-20(21)22)18(10-15)26-3/h4-11,20H,12-13H2,1-3H3/b23-11+. The van der Waals surface area contributed by atoms with Gasteiger partial charge in [0.1, 0.15) is 0 Å². The van der Waals surface area contributed by atoms with Gasteiger partial charge in [0, 0.05) is 19.2 Å². The molecule has 28 heavy (non-hydrogen) atoms. The van der Waals surface area contributed by atoms with Crippen LogP contribution in [0.1, 0.15) is 16.7 Å². The molecule has 150 valence electrons. The van der Waals surface area contributed by atoms with Crippen molar-refractivity contribution >= 4 is 12.1 Å². The number of carbonyl (C=O) groups excluding carboxylic acids is 1. The summed E-state index contributed by atoms with van der Waals surface area (Å²) in [6, 6.07) is 12.1. The molecule has 0 atom stereocenters. The summed E-state index contributed by atoms with van der Waals surface area (Å²) in [5.41, 5.74) is 2.70. The fourth-order valence-corrected chi connectivity index (χ4v) is 2.39. The smallest absolute Gasteiger partial charge is 0.387 e. The Kier molecular flexibility index (Phi) is 7.74. The van der Waals surface area contributed by atoms with Crippen LogP contribution in [0.3, 0.4) is 0 Å². The third-order valence-corrected chi connectivity index (χ3v) is 3.96. The Morgan fingerprint density at radius 2 is 1.96 bits per heavy atom. The first-order chi connectivity index (χ1) is 13.4. The number of nitrogens with zero attached hydrogens (tertiary/aromatic N) is 2. The fourth-order valence-electron chi connectivity index (χ4n) is 2.39. The maximum atomic E-state index is 12.3. The zero-order chi connectivity index (χ0) is 20.5. The number of hydrogen-bond acceptors (Lipinski definition) is 5. The number of rotatable bonds is 9. The number of hydrogen-bond donors (Lipinski definition) is 0. The number of methoxy groups -OCH3 is 1. The van der Waals surface area contributed by atoms with Gasteiger partial charge in [-0.25, -0.2) is 0 Å². The predicted molar refractivity (Wildman–Crippen MR) is 101 cm³/mol. The molecule has 1 amide bonds. The summed E-state index contributed by atoms with van der Waals surface area (Å²) < 4.78 is 34.0. The van der Waals surface area contributed by atoms with Crippen LogP contribution in [0.2, 0.25) is 0 Å². The van der Waals surface area contributed by atoms with Crippen molar-refractivity contribution in [2.24, 2.45) is 5.16 Å². The fraction of sp³-hybridized carbons (Fsp3) is 0.300. The van der Waals surface area contributed by atoms with E-state index in [9.17, 15) is 13.6 Å². The van der Waals surface area contributed by atoms with Gasteiger partial charge >= 0.3 is 6.61 Å². The molecule has 2 aromatic carbocycles. The van der Waals surface area contributed by atoms with Gasteiger partial charge in [-0.3, -0.25) is 4.79 Å². The van der Waals surface area contributed by atoms with Crippen LogP contribution in [0, 0.1) is 6.92 Å². The molecule has 0 aliphatic carbocycles. The Balaban J connectivity index is 1.87. The highest BCUT2D eigenvalue weighted by atomic mass is 19.3. The number of benzene rings is 2. The average Bonchev–Trinajstić information content (AvgIpc) is 2.67. The van der Waals surface area contributed by atoms with Gasteiger partial charge in [-0.05, 0) is 36.2 Å². The van der Waals surface area contributed by atoms with Crippen molar-refractivity contribution in [1.82, 2.24) is 4.90 Å². The Bertz CT molecular complexity index is 828. The minimum Gasteiger partial charge on any atom is -0.493 e. The number of amides is 1. The Morgan fingerprint density at radius 1 is 1.21 bits per heavy atom. The molecule has 6 nitrogen and oxygen atoms in total. The van der Waals surface area contributed by atoms with Crippen LogP contribution in [-0.2, 0) is 16.2 Å². The van der Waals surface area contributed by atoms with Crippen LogP contribution in [0.25, 0.3) is 0 Å². The maximum Gasteiger partial charge on any atom is 0.387 e. The summed E-state index contributed by atoms with van der Waals surface area (Å²) in [4.78, 5) is 18.7. The van der Waals surface area contributed by atoms with Gasteiger partial charge in [0.25, 0.3) is 5.91 Å². The minimum atomic E-state index is -2.94. The van der Waals surface area contributed by atoms with Crippen molar-refractivity contribution in [1.29, 1.82) is 0 Å². The van der Waals surface area contributed by atoms with Crippen LogP contribution in [0.5, 0.6) is 11.5 Å². The van der Waals surface area contributed by atoms with Gasteiger partial charge in [0.2, 0.25) is 0 Å². The average molecular weight is 392 g/mol. The van der Waals surface area contributed by atoms with Gasteiger partial charge in [0.05, 0.1) is 13.3 Å². The number of carbonyl (C=O) groups is 1. The number of oxime groups is 1. The summed E-state index contributed by atoms with van der Waals surface area (Å²) in [6.07, 6.45) is 1.35. The largest absolute Gasteiger partial charge is 0.493 e. The first-order valence-corrected chi connectivity index (χ1v) is 8.47. The van der Waals surface area contributed by atoms with Crippen LogP contribution in [0.15, 0.2) is 47.6 Å². The predicted octanol–water partition coefficient (Wildman–Crippen LogP) is 3.61. The second-order valence-corrected chi connectivity index (χ2v) is 5.97. The van der Waals surface area contributed by atoms with Crippen molar-refractivity contribution in [2.75, 3.05) is 20.8 Å². The van der Waals surface area contributed by atoms with E-state index in [0.717, 1.165) is 11.1 Å². The molecular weight excluding hydrogens is 370 g/mol. The van der Waals surface area contributed by atoms with Gasteiger partial charge < -0.3 is 19.2 Å². The van der Waals surface area contributed by atoms with E-state index in [2.05, 4.69) is 9.89 Å². The van der Waals surface area contributed by atoms with E-state index < -0.39 is 6.61 Å². The van der Waals surface area contributed by atoms with Gasteiger partial charge in [-0.15, -0.1) is 0 Å². The van der Waals surface area contributed by atoms with E-state index in [1.54, 1.807) is 11.9 Å². The monoisotopic (exact) mass is 392 g/mol. The summed E-state index contributed by atoms with van der Waals surface area (Å²) in [6.45, 7) is -0.705. The van der Waals surface area contributed by atoms with Gasteiger partial charge in [0.15, 0.2) is 18.1 Å². The second kappa shape index (κ2) is 10.2. The number of halogens is 2.